The number of nitrogens with zero attached hydrogens (tertiary/aromatic N) is 2. The Morgan fingerprint density at radius 1 is 0.853 bits per heavy atom. The van der Waals surface area contributed by atoms with Crippen LogP contribution in [0.1, 0.15) is 24.8 Å². The van der Waals surface area contributed by atoms with Crippen molar-refractivity contribution in [1.82, 2.24) is 19.9 Å². The van der Waals surface area contributed by atoms with E-state index in [0.717, 1.165) is 46.0 Å². The predicted molar refractivity (Wildman–Crippen MR) is 144 cm³/mol. The van der Waals surface area contributed by atoms with Gasteiger partial charge in [0, 0.05) is 40.3 Å². The summed E-state index contributed by atoms with van der Waals surface area (Å²) in [5, 5.41) is 1.19. The summed E-state index contributed by atoms with van der Waals surface area (Å²) in [6, 6.07) is 26.0. The van der Waals surface area contributed by atoms with Crippen LogP contribution >= 0.6 is 0 Å². The van der Waals surface area contributed by atoms with E-state index < -0.39 is 0 Å². The molecular formula is C29H29BN4. The van der Waals surface area contributed by atoms with Gasteiger partial charge in [-0.3, -0.25) is 4.90 Å². The Balaban J connectivity index is 1.40. The van der Waals surface area contributed by atoms with Crippen molar-refractivity contribution in [3.63, 3.8) is 0 Å². The van der Waals surface area contributed by atoms with Crippen LogP contribution < -0.4 is 5.46 Å². The summed E-state index contributed by atoms with van der Waals surface area (Å²) in [5.74, 6) is 0.892. The summed E-state index contributed by atoms with van der Waals surface area (Å²) in [6.45, 7) is 3.47. The Labute approximate surface area is 201 Å². The van der Waals surface area contributed by atoms with E-state index in [4.69, 9.17) is 4.98 Å². The van der Waals surface area contributed by atoms with Crippen LogP contribution in [0.15, 0.2) is 79.0 Å². The summed E-state index contributed by atoms with van der Waals surface area (Å²) in [5.41, 5.74) is 9.18. The Bertz CT molecular complexity index is 1410. The van der Waals surface area contributed by atoms with Gasteiger partial charge in [0.1, 0.15) is 13.7 Å². The topological polar surface area (TPSA) is 47.7 Å². The summed E-state index contributed by atoms with van der Waals surface area (Å²) in [4.78, 5) is 14.8. The number of piperidine rings is 1. The number of likely N-dealkylation sites (tertiary alicyclic amines) is 1. The average Bonchev–Trinajstić information content (AvgIpc) is 3.50. The molecule has 5 heteroatoms. The molecule has 1 saturated heterocycles. The Hall–Kier alpha value is -3.57. The predicted octanol–water partition coefficient (Wildman–Crippen LogP) is 5.14. The van der Waals surface area contributed by atoms with Gasteiger partial charge in [-0.25, -0.2) is 4.98 Å². The minimum Gasteiger partial charge on any atom is -0.360 e. The highest BCUT2D eigenvalue weighted by atomic mass is 15.1. The third-order valence-corrected chi connectivity index (χ3v) is 6.94. The SMILES string of the molecule is Bc1ccc2[nH]cc(-c3nc(-c4ccccc4)c(-c4ccc(CN5CCCCC5)cc4)[nH]3)c2c1. The maximum atomic E-state index is 5.11. The lowest BCUT2D eigenvalue weighted by atomic mass is 9.94. The molecule has 1 aliphatic rings. The van der Waals surface area contributed by atoms with E-state index in [1.807, 2.05) is 0 Å². The fraction of sp³-hybridized carbons (Fsp3) is 0.207. The van der Waals surface area contributed by atoms with E-state index in [0.29, 0.717) is 0 Å². The van der Waals surface area contributed by atoms with Crippen LogP contribution in [0.3, 0.4) is 0 Å². The van der Waals surface area contributed by atoms with Gasteiger partial charge in [-0.2, -0.15) is 0 Å². The highest BCUT2D eigenvalue weighted by molar-refractivity contribution is 6.33. The Kier molecular flexibility index (Phi) is 5.56. The largest absolute Gasteiger partial charge is 0.360 e. The number of aromatic nitrogens is 3. The quantitative estimate of drug-likeness (QED) is 0.369. The highest BCUT2D eigenvalue weighted by Gasteiger charge is 2.18. The second-order valence-electron chi connectivity index (χ2n) is 9.46. The lowest BCUT2D eigenvalue weighted by molar-refractivity contribution is 0.221. The van der Waals surface area contributed by atoms with E-state index in [-0.39, 0.29) is 0 Å². The molecule has 2 N–H and O–H groups in total. The summed E-state index contributed by atoms with van der Waals surface area (Å²) in [7, 11) is 2.13. The van der Waals surface area contributed by atoms with Crippen molar-refractivity contribution in [2.24, 2.45) is 0 Å². The second-order valence-corrected chi connectivity index (χ2v) is 9.46. The molecule has 5 aromatic rings. The van der Waals surface area contributed by atoms with Gasteiger partial charge in [0.2, 0.25) is 0 Å². The second kappa shape index (κ2) is 9.00. The zero-order valence-electron chi connectivity index (χ0n) is 19.6. The fourth-order valence-electron chi connectivity index (χ4n) is 5.10. The number of H-pyrrole nitrogens is 2. The molecule has 2 aromatic heterocycles. The van der Waals surface area contributed by atoms with Crippen LogP contribution in [0.5, 0.6) is 0 Å². The smallest absolute Gasteiger partial charge is 0.140 e. The van der Waals surface area contributed by atoms with E-state index in [9.17, 15) is 0 Å². The van der Waals surface area contributed by atoms with Crippen LogP contribution in [0, 0.1) is 0 Å². The zero-order chi connectivity index (χ0) is 22.9. The van der Waals surface area contributed by atoms with E-state index >= 15 is 0 Å². The van der Waals surface area contributed by atoms with Crippen molar-refractivity contribution in [2.45, 2.75) is 25.8 Å². The number of rotatable bonds is 5. The van der Waals surface area contributed by atoms with Gasteiger partial charge in [0.25, 0.3) is 0 Å². The van der Waals surface area contributed by atoms with Gasteiger partial charge in [-0.1, -0.05) is 78.6 Å². The molecular weight excluding hydrogens is 415 g/mol. The average molecular weight is 444 g/mol. The maximum absolute atomic E-state index is 5.11. The summed E-state index contributed by atoms with van der Waals surface area (Å²) < 4.78 is 0. The van der Waals surface area contributed by atoms with Gasteiger partial charge in [-0.05, 0) is 37.6 Å². The van der Waals surface area contributed by atoms with Crippen molar-refractivity contribution in [2.75, 3.05) is 13.1 Å². The van der Waals surface area contributed by atoms with Crippen LogP contribution in [0.4, 0.5) is 0 Å². The summed E-state index contributed by atoms with van der Waals surface area (Å²) in [6.07, 6.45) is 6.07. The standard InChI is InChI=1S/C29H29BN4/c30-23-13-14-26-24(17-23)25(18-31-26)29-32-27(21-7-3-1-4-8-21)28(33-29)22-11-9-20(10-12-22)19-34-15-5-2-6-16-34/h1,3-4,7-14,17-18,31H,2,5-6,15-16,19,30H2,(H,32,33). The third-order valence-electron chi connectivity index (χ3n) is 6.94. The molecule has 4 nitrogen and oxygen atoms in total. The number of fused-ring (bicyclic) bond motifs is 1. The van der Waals surface area contributed by atoms with Crippen molar-refractivity contribution in [3.05, 3.63) is 84.6 Å². The number of hydrogen-bond donors (Lipinski definition) is 2. The van der Waals surface area contributed by atoms with Crippen molar-refractivity contribution in [1.29, 1.82) is 0 Å². The van der Waals surface area contributed by atoms with E-state index in [2.05, 4.69) is 102 Å². The minimum atomic E-state index is 0.892. The number of benzene rings is 3. The molecule has 0 aliphatic carbocycles. The lowest BCUT2D eigenvalue weighted by Crippen LogP contribution is -2.28. The molecule has 0 bridgehead atoms. The first-order valence-corrected chi connectivity index (χ1v) is 12.3. The van der Waals surface area contributed by atoms with Gasteiger partial charge in [-0.15, -0.1) is 0 Å². The summed E-state index contributed by atoms with van der Waals surface area (Å²) >= 11 is 0. The van der Waals surface area contributed by atoms with E-state index in [1.165, 1.54) is 48.8 Å². The molecule has 1 fully saturated rings. The molecule has 0 saturated carbocycles. The van der Waals surface area contributed by atoms with Crippen LogP contribution in [0.2, 0.25) is 0 Å². The third kappa shape index (κ3) is 4.08. The van der Waals surface area contributed by atoms with Gasteiger partial charge >= 0.3 is 0 Å². The van der Waals surface area contributed by atoms with Crippen molar-refractivity contribution >= 4 is 24.2 Å². The van der Waals surface area contributed by atoms with Gasteiger partial charge in [0.05, 0.1) is 11.4 Å². The molecule has 3 aromatic carbocycles. The van der Waals surface area contributed by atoms with Gasteiger partial charge in [0.15, 0.2) is 0 Å². The fourth-order valence-corrected chi connectivity index (χ4v) is 5.10. The van der Waals surface area contributed by atoms with Crippen molar-refractivity contribution < 1.29 is 0 Å². The number of hydrogen-bond acceptors (Lipinski definition) is 2. The molecule has 168 valence electrons. The monoisotopic (exact) mass is 444 g/mol. The molecule has 0 atom stereocenters. The molecule has 34 heavy (non-hydrogen) atoms. The number of aromatic amines is 2. The van der Waals surface area contributed by atoms with Crippen molar-refractivity contribution in [3.8, 4) is 33.9 Å². The molecule has 0 amide bonds. The molecule has 1 aliphatic heterocycles. The highest BCUT2D eigenvalue weighted by Crippen LogP contribution is 2.35. The molecule has 3 heterocycles. The van der Waals surface area contributed by atoms with Crippen LogP contribution in [-0.4, -0.2) is 40.8 Å². The Morgan fingerprint density at radius 3 is 2.44 bits per heavy atom. The molecule has 0 unspecified atom stereocenters. The first-order valence-electron chi connectivity index (χ1n) is 12.3. The molecule has 0 spiro atoms. The minimum absolute atomic E-state index is 0.892. The molecule has 6 rings (SSSR count). The van der Waals surface area contributed by atoms with Gasteiger partial charge < -0.3 is 9.97 Å². The number of imidazole rings is 1. The molecule has 0 radical (unpaired) electrons. The first-order chi connectivity index (χ1) is 16.7. The zero-order valence-corrected chi connectivity index (χ0v) is 19.6. The van der Waals surface area contributed by atoms with Crippen LogP contribution in [0.25, 0.3) is 44.8 Å². The number of nitrogens with one attached hydrogen (secondary N) is 2. The Morgan fingerprint density at radius 2 is 1.65 bits per heavy atom. The van der Waals surface area contributed by atoms with Crippen LogP contribution in [-0.2, 0) is 6.54 Å². The lowest BCUT2D eigenvalue weighted by Gasteiger charge is -2.26. The first kappa shape index (κ1) is 21.0. The maximum Gasteiger partial charge on any atom is 0.140 e. The normalized spacial score (nSPS) is 14.6. The van der Waals surface area contributed by atoms with E-state index in [1.54, 1.807) is 0 Å².